The minimum Gasteiger partial charge on any atom is -0.480 e. The van der Waals surface area contributed by atoms with Gasteiger partial charge in [-0.25, -0.2) is 8.42 Å². The number of hydrogen-bond donors (Lipinski definition) is 2. The highest BCUT2D eigenvalue weighted by Gasteiger charge is 2.26. The van der Waals surface area contributed by atoms with Crippen molar-refractivity contribution in [3.8, 4) is 6.07 Å². The number of aliphatic carboxylic acids is 1. The van der Waals surface area contributed by atoms with Crippen LogP contribution in [0.2, 0.25) is 5.02 Å². The smallest absolute Gasteiger partial charge is 0.321 e. The van der Waals surface area contributed by atoms with E-state index < -0.39 is 22.0 Å². The van der Waals surface area contributed by atoms with Crippen LogP contribution in [0.15, 0.2) is 23.1 Å². The number of carbonyl (C=O) groups is 1. The van der Waals surface area contributed by atoms with Gasteiger partial charge >= 0.3 is 5.97 Å². The maximum absolute atomic E-state index is 12.1. The zero-order valence-electron chi connectivity index (χ0n) is 9.92. The number of rotatable bonds is 5. The highest BCUT2D eigenvalue weighted by atomic mass is 35.5. The van der Waals surface area contributed by atoms with Gasteiger partial charge in [0.05, 0.1) is 5.56 Å². The molecule has 1 aromatic rings. The van der Waals surface area contributed by atoms with Crippen LogP contribution in [0.4, 0.5) is 0 Å². The fourth-order valence-corrected chi connectivity index (χ4v) is 3.06. The first-order chi connectivity index (χ1) is 8.81. The van der Waals surface area contributed by atoms with E-state index >= 15 is 0 Å². The van der Waals surface area contributed by atoms with Gasteiger partial charge in [-0.2, -0.15) is 9.98 Å². The lowest BCUT2D eigenvalue weighted by Gasteiger charge is -2.13. The number of carboxylic acid groups (broad SMARTS) is 1. The number of halogens is 1. The Labute approximate surface area is 115 Å². The van der Waals surface area contributed by atoms with Crippen molar-refractivity contribution in [2.45, 2.75) is 24.3 Å². The lowest BCUT2D eigenvalue weighted by atomic mass is 10.2. The van der Waals surface area contributed by atoms with Crippen molar-refractivity contribution < 1.29 is 18.3 Å². The van der Waals surface area contributed by atoms with Crippen molar-refractivity contribution >= 4 is 27.6 Å². The Bertz CT molecular complexity index is 637. The molecule has 102 valence electrons. The van der Waals surface area contributed by atoms with Crippen LogP contribution in [0.3, 0.4) is 0 Å². The molecule has 0 aromatic heterocycles. The van der Waals surface area contributed by atoms with Crippen molar-refractivity contribution in [2.75, 3.05) is 0 Å². The Morgan fingerprint density at radius 3 is 2.68 bits per heavy atom. The predicted molar refractivity (Wildman–Crippen MR) is 68.2 cm³/mol. The lowest BCUT2D eigenvalue weighted by molar-refractivity contribution is -0.139. The molecule has 19 heavy (non-hydrogen) atoms. The molecule has 0 saturated heterocycles. The minimum atomic E-state index is -4.12. The number of hydrogen-bond acceptors (Lipinski definition) is 4. The van der Waals surface area contributed by atoms with Crippen LogP contribution in [0.1, 0.15) is 18.9 Å². The molecule has 0 saturated carbocycles. The summed E-state index contributed by atoms with van der Waals surface area (Å²) >= 11 is 5.69. The zero-order valence-corrected chi connectivity index (χ0v) is 11.5. The van der Waals surface area contributed by atoms with Crippen LogP contribution in [0.5, 0.6) is 0 Å². The number of benzene rings is 1. The van der Waals surface area contributed by atoms with Crippen molar-refractivity contribution in [3.05, 3.63) is 28.8 Å². The van der Waals surface area contributed by atoms with E-state index in [1.54, 1.807) is 6.07 Å². The van der Waals surface area contributed by atoms with E-state index in [1.165, 1.54) is 19.1 Å². The van der Waals surface area contributed by atoms with E-state index in [-0.39, 0.29) is 21.9 Å². The highest BCUT2D eigenvalue weighted by Crippen LogP contribution is 2.20. The van der Waals surface area contributed by atoms with E-state index in [0.717, 1.165) is 6.07 Å². The maximum Gasteiger partial charge on any atom is 0.321 e. The molecule has 0 unspecified atom stereocenters. The summed E-state index contributed by atoms with van der Waals surface area (Å²) in [6, 6.07) is 4.22. The normalized spacial score (nSPS) is 12.7. The van der Waals surface area contributed by atoms with Gasteiger partial charge in [0, 0.05) is 5.02 Å². The van der Waals surface area contributed by atoms with Crippen molar-refractivity contribution in [1.82, 2.24) is 4.72 Å². The molecule has 0 spiro atoms. The van der Waals surface area contributed by atoms with E-state index in [9.17, 15) is 13.2 Å². The van der Waals surface area contributed by atoms with Crippen LogP contribution < -0.4 is 4.72 Å². The van der Waals surface area contributed by atoms with E-state index in [2.05, 4.69) is 0 Å². The van der Waals surface area contributed by atoms with Gasteiger partial charge in [-0.05, 0) is 24.6 Å². The molecule has 8 heteroatoms. The van der Waals surface area contributed by atoms with Crippen LogP contribution >= 0.6 is 11.6 Å². The van der Waals surface area contributed by atoms with E-state index in [4.69, 9.17) is 22.0 Å². The summed E-state index contributed by atoms with van der Waals surface area (Å²) in [5.41, 5.74) is -0.0999. The number of nitrogens with one attached hydrogen (secondary N) is 1. The van der Waals surface area contributed by atoms with Crippen LogP contribution in [0.25, 0.3) is 0 Å². The monoisotopic (exact) mass is 302 g/mol. The first-order valence-electron chi connectivity index (χ1n) is 5.26. The predicted octanol–water partition coefficient (Wildman–Crippen LogP) is 1.35. The molecular weight excluding hydrogens is 292 g/mol. The molecule has 2 N–H and O–H groups in total. The minimum absolute atomic E-state index is 0.0804. The molecule has 0 aliphatic heterocycles. The van der Waals surface area contributed by atoms with Gasteiger partial charge in [0.1, 0.15) is 17.0 Å². The van der Waals surface area contributed by atoms with Gasteiger partial charge < -0.3 is 5.11 Å². The van der Waals surface area contributed by atoms with Gasteiger partial charge in [-0.1, -0.05) is 18.5 Å². The standard InChI is InChI=1S/C11H11ClN2O4S/c1-2-9(11(15)16)14-19(17,18)10-5-8(12)4-3-7(10)6-13/h3-5,9,14H,2H2,1H3,(H,15,16)/t9-/m1/s1. The van der Waals surface area contributed by atoms with Crippen LogP contribution in [-0.4, -0.2) is 25.5 Å². The molecule has 0 aliphatic rings. The average Bonchev–Trinajstić information content (AvgIpc) is 2.35. The van der Waals surface area contributed by atoms with Gasteiger partial charge in [-0.3, -0.25) is 4.79 Å². The summed E-state index contributed by atoms with van der Waals surface area (Å²) in [4.78, 5) is 10.5. The summed E-state index contributed by atoms with van der Waals surface area (Å²) in [5, 5.41) is 17.9. The molecule has 1 atom stereocenters. The van der Waals surface area contributed by atoms with Crippen molar-refractivity contribution in [3.63, 3.8) is 0 Å². The Morgan fingerprint density at radius 2 is 2.21 bits per heavy atom. The molecule has 0 fully saturated rings. The second-order valence-electron chi connectivity index (χ2n) is 3.67. The average molecular weight is 303 g/mol. The molecule has 6 nitrogen and oxygen atoms in total. The highest BCUT2D eigenvalue weighted by molar-refractivity contribution is 7.89. The Balaban J connectivity index is 3.25. The fraction of sp³-hybridized carbons (Fsp3) is 0.273. The van der Waals surface area contributed by atoms with Crippen LogP contribution in [-0.2, 0) is 14.8 Å². The third kappa shape index (κ3) is 3.67. The fourth-order valence-electron chi connectivity index (χ4n) is 1.37. The molecule has 1 aromatic carbocycles. The van der Waals surface area contributed by atoms with Gasteiger partial charge in [0.15, 0.2) is 0 Å². The van der Waals surface area contributed by atoms with Gasteiger partial charge in [0.25, 0.3) is 0 Å². The SMILES string of the molecule is CC[C@@H](NS(=O)(=O)c1cc(Cl)ccc1C#N)C(=O)O. The summed E-state index contributed by atoms with van der Waals surface area (Å²) in [7, 11) is -4.12. The van der Waals surface area contributed by atoms with E-state index in [0.29, 0.717) is 0 Å². The summed E-state index contributed by atoms with van der Waals surface area (Å²) in [6.07, 6.45) is 0.0804. The van der Waals surface area contributed by atoms with Crippen LogP contribution in [0, 0.1) is 11.3 Å². The van der Waals surface area contributed by atoms with E-state index in [1.807, 2.05) is 4.72 Å². The molecule has 0 amide bonds. The number of nitriles is 1. The second kappa shape index (κ2) is 6.02. The van der Waals surface area contributed by atoms with Crippen molar-refractivity contribution in [2.24, 2.45) is 0 Å². The third-order valence-corrected chi connectivity index (χ3v) is 4.10. The van der Waals surface area contributed by atoms with Gasteiger partial charge in [-0.15, -0.1) is 0 Å². The van der Waals surface area contributed by atoms with Gasteiger partial charge in [0.2, 0.25) is 10.0 Å². The Morgan fingerprint density at radius 1 is 1.58 bits per heavy atom. The number of nitrogens with zero attached hydrogens (tertiary/aromatic N) is 1. The second-order valence-corrected chi connectivity index (χ2v) is 5.79. The summed E-state index contributed by atoms with van der Waals surface area (Å²) in [5.74, 6) is -1.29. The molecule has 1 rings (SSSR count). The number of sulfonamides is 1. The largest absolute Gasteiger partial charge is 0.480 e. The van der Waals surface area contributed by atoms with Crippen molar-refractivity contribution in [1.29, 1.82) is 5.26 Å². The first kappa shape index (κ1) is 15.4. The summed E-state index contributed by atoms with van der Waals surface area (Å²) < 4.78 is 26.1. The number of carboxylic acids is 1. The lowest BCUT2D eigenvalue weighted by Crippen LogP contribution is -2.40. The Hall–Kier alpha value is -1.62. The topological polar surface area (TPSA) is 107 Å². The summed E-state index contributed by atoms with van der Waals surface area (Å²) in [6.45, 7) is 1.53. The maximum atomic E-state index is 12.1. The molecule has 0 aliphatic carbocycles. The first-order valence-corrected chi connectivity index (χ1v) is 7.12. The molecular formula is C11H11ClN2O4S. The quantitative estimate of drug-likeness (QED) is 0.853. The molecule has 0 heterocycles. The Kier molecular flexibility index (Phi) is 4.89. The molecule has 0 bridgehead atoms. The zero-order chi connectivity index (χ0) is 14.6. The molecule has 0 radical (unpaired) electrons. The third-order valence-electron chi connectivity index (χ3n) is 2.36.